The lowest BCUT2D eigenvalue weighted by Gasteiger charge is -2.42. The highest BCUT2D eigenvalue weighted by atomic mass is 35.5. The standard InChI is InChI=1S/C26H16ClF5N4O4/c27-15-6-3-7-18(20(15)28)36-21(37)13-4-1-2-5-14(13)25(36,39)12-8-9-16-17(10-12)34-22(33-16)35-23(38)40-19-11-24(29,30)26(19,31)32/h1-10,19,39H,11H2,(H2,33,34,35,38). The van der Waals surface area contributed by atoms with Crippen LogP contribution in [0, 0.1) is 5.82 Å². The van der Waals surface area contributed by atoms with Crippen molar-refractivity contribution < 1.29 is 41.4 Å². The van der Waals surface area contributed by atoms with Gasteiger partial charge in [-0.05, 0) is 30.3 Å². The molecule has 0 saturated heterocycles. The quantitative estimate of drug-likeness (QED) is 0.265. The van der Waals surface area contributed by atoms with Crippen molar-refractivity contribution in [3.8, 4) is 0 Å². The Hall–Kier alpha value is -4.23. The number of halogens is 6. The first-order chi connectivity index (χ1) is 18.8. The number of aromatic amines is 1. The van der Waals surface area contributed by atoms with Crippen molar-refractivity contribution in [3.05, 3.63) is 88.2 Å². The molecule has 4 aromatic rings. The molecule has 2 unspecified atom stereocenters. The van der Waals surface area contributed by atoms with Gasteiger partial charge in [-0.1, -0.05) is 41.9 Å². The van der Waals surface area contributed by atoms with Crippen LogP contribution in [0.4, 0.5) is 38.4 Å². The minimum Gasteiger partial charge on any atom is -0.439 e. The number of H-pyrrole nitrogens is 1. The van der Waals surface area contributed by atoms with Gasteiger partial charge in [0.25, 0.3) is 5.91 Å². The second-order valence-corrected chi connectivity index (χ2v) is 9.71. The van der Waals surface area contributed by atoms with Crippen LogP contribution in [0.5, 0.6) is 0 Å². The SMILES string of the molecule is O=C(Nc1nc2cc(C3(O)c4ccccc4C(=O)N3c3cccc(Cl)c3F)ccc2[nH]1)OC1CC(F)(F)C1(F)F. The Bertz CT molecular complexity index is 1710. The summed E-state index contributed by atoms with van der Waals surface area (Å²) in [4.78, 5) is 33.2. The van der Waals surface area contributed by atoms with Gasteiger partial charge < -0.3 is 14.8 Å². The van der Waals surface area contributed by atoms with Crippen LogP contribution in [0.1, 0.15) is 27.9 Å². The normalized spacial score (nSPS) is 22.6. The number of rotatable bonds is 4. The summed E-state index contributed by atoms with van der Waals surface area (Å²) in [5.74, 6) is -10.6. The number of anilines is 2. The van der Waals surface area contributed by atoms with Crippen molar-refractivity contribution >= 4 is 46.3 Å². The fourth-order valence-electron chi connectivity index (χ4n) is 4.85. The Morgan fingerprint density at radius 1 is 1.12 bits per heavy atom. The summed E-state index contributed by atoms with van der Waals surface area (Å²) < 4.78 is 72.5. The number of carbonyl (C=O) groups excluding carboxylic acids is 2. The molecule has 0 spiro atoms. The minimum atomic E-state index is -4.49. The van der Waals surface area contributed by atoms with Gasteiger partial charge in [0.05, 0.1) is 28.2 Å². The predicted molar refractivity (Wildman–Crippen MR) is 132 cm³/mol. The number of hydrogen-bond donors (Lipinski definition) is 3. The third-order valence-corrected chi connectivity index (χ3v) is 7.21. The van der Waals surface area contributed by atoms with Crippen molar-refractivity contribution in [2.75, 3.05) is 10.2 Å². The first-order valence-corrected chi connectivity index (χ1v) is 12.1. The van der Waals surface area contributed by atoms with Gasteiger partial charge in [0.15, 0.2) is 17.6 Å². The maximum atomic E-state index is 15.1. The number of carbonyl (C=O) groups is 2. The zero-order valence-electron chi connectivity index (χ0n) is 19.9. The molecule has 8 nitrogen and oxygen atoms in total. The van der Waals surface area contributed by atoms with E-state index in [4.69, 9.17) is 11.6 Å². The molecule has 2 atom stereocenters. The number of ether oxygens (including phenoxy) is 1. The molecule has 1 fully saturated rings. The lowest BCUT2D eigenvalue weighted by Crippen LogP contribution is -2.63. The molecule has 3 aromatic carbocycles. The molecule has 40 heavy (non-hydrogen) atoms. The lowest BCUT2D eigenvalue weighted by molar-refractivity contribution is -0.328. The maximum Gasteiger partial charge on any atom is 0.414 e. The van der Waals surface area contributed by atoms with Gasteiger partial charge >= 0.3 is 17.9 Å². The number of amides is 2. The Morgan fingerprint density at radius 3 is 2.60 bits per heavy atom. The summed E-state index contributed by atoms with van der Waals surface area (Å²) in [5, 5.41) is 13.9. The molecule has 2 amide bonds. The monoisotopic (exact) mass is 578 g/mol. The molecular formula is C26H16ClF5N4O4. The second-order valence-electron chi connectivity index (χ2n) is 9.30. The van der Waals surface area contributed by atoms with E-state index in [-0.39, 0.29) is 38.9 Å². The van der Waals surface area contributed by atoms with E-state index in [0.29, 0.717) is 5.52 Å². The first-order valence-electron chi connectivity index (χ1n) is 11.7. The molecule has 1 saturated carbocycles. The molecule has 1 aromatic heterocycles. The third-order valence-electron chi connectivity index (χ3n) is 6.92. The summed E-state index contributed by atoms with van der Waals surface area (Å²) in [5.41, 5.74) is -1.66. The van der Waals surface area contributed by atoms with Gasteiger partial charge in [-0.15, -0.1) is 0 Å². The molecule has 0 radical (unpaired) electrons. The van der Waals surface area contributed by atoms with Crippen molar-refractivity contribution in [2.45, 2.75) is 30.1 Å². The highest BCUT2D eigenvalue weighted by Gasteiger charge is 2.74. The molecule has 14 heteroatoms. The van der Waals surface area contributed by atoms with Gasteiger partial charge in [-0.3, -0.25) is 15.0 Å². The van der Waals surface area contributed by atoms with E-state index in [1.54, 1.807) is 12.1 Å². The summed E-state index contributed by atoms with van der Waals surface area (Å²) in [6, 6.07) is 14.4. The third kappa shape index (κ3) is 3.64. The number of nitrogens with one attached hydrogen (secondary N) is 2. The minimum absolute atomic E-state index is 0.0923. The first kappa shape index (κ1) is 26.0. The predicted octanol–water partition coefficient (Wildman–Crippen LogP) is 5.80. The zero-order valence-corrected chi connectivity index (χ0v) is 20.6. The Kier molecular flexibility index (Phi) is 5.62. The van der Waals surface area contributed by atoms with Gasteiger partial charge in [0.2, 0.25) is 5.95 Å². The Labute approximate surface area is 226 Å². The summed E-state index contributed by atoms with van der Waals surface area (Å²) >= 11 is 5.95. The smallest absolute Gasteiger partial charge is 0.414 e. The highest BCUT2D eigenvalue weighted by Crippen LogP contribution is 2.52. The average molecular weight is 579 g/mol. The largest absolute Gasteiger partial charge is 0.439 e. The van der Waals surface area contributed by atoms with E-state index < -0.39 is 47.9 Å². The topological polar surface area (TPSA) is 108 Å². The van der Waals surface area contributed by atoms with E-state index in [1.807, 2.05) is 0 Å². The van der Waals surface area contributed by atoms with Gasteiger partial charge in [-0.2, -0.15) is 17.6 Å². The van der Waals surface area contributed by atoms with E-state index in [1.165, 1.54) is 48.5 Å². The van der Waals surface area contributed by atoms with Crippen LogP contribution in [-0.4, -0.2) is 45.0 Å². The summed E-state index contributed by atoms with van der Waals surface area (Å²) in [6.07, 6.45) is -5.05. The summed E-state index contributed by atoms with van der Waals surface area (Å²) in [6.45, 7) is 0. The number of fused-ring (bicyclic) bond motifs is 2. The van der Waals surface area contributed by atoms with Gasteiger partial charge in [-0.25, -0.2) is 14.2 Å². The fourth-order valence-corrected chi connectivity index (χ4v) is 5.02. The van der Waals surface area contributed by atoms with Crippen molar-refractivity contribution in [1.82, 2.24) is 9.97 Å². The van der Waals surface area contributed by atoms with Crippen LogP contribution in [0.2, 0.25) is 5.02 Å². The van der Waals surface area contributed by atoms with E-state index >= 15 is 4.39 Å². The molecule has 2 aliphatic rings. The van der Waals surface area contributed by atoms with Crippen LogP contribution in [0.3, 0.4) is 0 Å². The Morgan fingerprint density at radius 2 is 1.88 bits per heavy atom. The van der Waals surface area contributed by atoms with Gasteiger partial charge in [0.1, 0.15) is 0 Å². The number of nitrogens with zero attached hydrogens (tertiary/aromatic N) is 2. The van der Waals surface area contributed by atoms with Crippen molar-refractivity contribution in [1.29, 1.82) is 0 Å². The van der Waals surface area contributed by atoms with Crippen LogP contribution >= 0.6 is 11.6 Å². The van der Waals surface area contributed by atoms with E-state index in [0.717, 1.165) is 4.90 Å². The average Bonchev–Trinajstić information content (AvgIpc) is 3.41. The zero-order chi connectivity index (χ0) is 28.6. The number of benzene rings is 3. The Balaban J connectivity index is 1.35. The molecule has 3 N–H and O–H groups in total. The van der Waals surface area contributed by atoms with Crippen molar-refractivity contribution in [3.63, 3.8) is 0 Å². The lowest BCUT2D eigenvalue weighted by atomic mass is 9.85. The van der Waals surface area contributed by atoms with Crippen LogP contribution in [0.15, 0.2) is 60.7 Å². The number of hydrogen-bond acceptors (Lipinski definition) is 5. The molecule has 1 aliphatic heterocycles. The molecule has 6 rings (SSSR count). The summed E-state index contributed by atoms with van der Waals surface area (Å²) in [7, 11) is 0. The second kappa shape index (κ2) is 8.63. The number of imidazole rings is 1. The number of alkyl halides is 4. The maximum absolute atomic E-state index is 15.1. The fraction of sp³-hybridized carbons (Fsp3) is 0.192. The number of aromatic nitrogens is 2. The van der Waals surface area contributed by atoms with E-state index in [2.05, 4.69) is 20.0 Å². The molecule has 2 heterocycles. The van der Waals surface area contributed by atoms with Crippen LogP contribution < -0.4 is 10.2 Å². The van der Waals surface area contributed by atoms with Crippen LogP contribution in [0.25, 0.3) is 11.0 Å². The van der Waals surface area contributed by atoms with Gasteiger partial charge in [0, 0.05) is 16.7 Å². The molecule has 1 aliphatic carbocycles. The molecule has 0 bridgehead atoms. The highest BCUT2D eigenvalue weighted by molar-refractivity contribution is 6.31. The number of aliphatic hydroxyl groups is 1. The van der Waals surface area contributed by atoms with Crippen LogP contribution in [-0.2, 0) is 10.5 Å². The van der Waals surface area contributed by atoms with E-state index in [9.17, 15) is 32.3 Å². The molecular weight excluding hydrogens is 563 g/mol. The van der Waals surface area contributed by atoms with Crippen molar-refractivity contribution in [2.24, 2.45) is 0 Å². The molecule has 206 valence electrons.